The number of hydrogen-bond donors (Lipinski definition) is 0. The third-order valence-corrected chi connectivity index (χ3v) is 6.07. The van der Waals surface area contributed by atoms with E-state index in [9.17, 15) is 4.79 Å². The van der Waals surface area contributed by atoms with Crippen LogP contribution in [0.3, 0.4) is 0 Å². The Morgan fingerprint density at radius 1 is 0.711 bits per heavy atom. The summed E-state index contributed by atoms with van der Waals surface area (Å²) in [6, 6.07) is 29.8. The van der Waals surface area contributed by atoms with Gasteiger partial charge in [0.1, 0.15) is 24.4 Å². The molecule has 3 aromatic rings. The van der Waals surface area contributed by atoms with Crippen molar-refractivity contribution in [2.75, 3.05) is 0 Å². The van der Waals surface area contributed by atoms with Gasteiger partial charge in [-0.3, -0.25) is 4.79 Å². The van der Waals surface area contributed by atoms with Gasteiger partial charge in [0.15, 0.2) is 0 Å². The van der Waals surface area contributed by atoms with Crippen LogP contribution in [0.5, 0.6) is 0 Å². The molecule has 0 heterocycles. The summed E-state index contributed by atoms with van der Waals surface area (Å²) in [5, 5.41) is 0. The third-order valence-electron chi connectivity index (χ3n) is 6.07. The number of esters is 1. The number of rotatable bonds is 17. The molecule has 3 aromatic carbocycles. The molecule has 0 fully saturated rings. The van der Waals surface area contributed by atoms with Crippen molar-refractivity contribution < 1.29 is 23.7 Å². The summed E-state index contributed by atoms with van der Waals surface area (Å²) in [7, 11) is 0. The highest BCUT2D eigenvalue weighted by Crippen LogP contribution is 2.25. The van der Waals surface area contributed by atoms with E-state index < -0.39 is 24.4 Å². The van der Waals surface area contributed by atoms with Crippen molar-refractivity contribution in [1.82, 2.24) is 0 Å². The summed E-state index contributed by atoms with van der Waals surface area (Å²) in [5.41, 5.74) is 3.05. The van der Waals surface area contributed by atoms with Crippen LogP contribution in [-0.4, -0.2) is 30.4 Å². The van der Waals surface area contributed by atoms with Crippen LogP contribution in [0.4, 0.5) is 0 Å². The summed E-state index contributed by atoms with van der Waals surface area (Å²) < 4.78 is 25.2. The summed E-state index contributed by atoms with van der Waals surface area (Å²) >= 11 is 0. The Hall–Kier alpha value is -3.51. The highest BCUT2D eigenvalue weighted by molar-refractivity contribution is 5.66. The molecule has 0 bridgehead atoms. The molecule has 38 heavy (non-hydrogen) atoms. The van der Waals surface area contributed by atoms with E-state index in [0.717, 1.165) is 16.7 Å². The van der Waals surface area contributed by atoms with E-state index >= 15 is 0 Å². The number of allylic oxidation sites excluding steroid dienone is 1. The number of carbonyl (C=O) groups is 1. The van der Waals surface area contributed by atoms with E-state index in [0.29, 0.717) is 32.7 Å². The molecule has 0 amide bonds. The molecule has 4 atom stereocenters. The maximum absolute atomic E-state index is 12.2. The largest absolute Gasteiger partial charge is 0.460 e. The van der Waals surface area contributed by atoms with Crippen LogP contribution in [0.25, 0.3) is 0 Å². The van der Waals surface area contributed by atoms with Crippen molar-refractivity contribution in [2.24, 2.45) is 0 Å². The van der Waals surface area contributed by atoms with Gasteiger partial charge in [-0.2, -0.15) is 0 Å². The predicted octanol–water partition coefficient (Wildman–Crippen LogP) is 6.83. The zero-order valence-corrected chi connectivity index (χ0v) is 22.1. The second kappa shape index (κ2) is 16.4. The Kier molecular flexibility index (Phi) is 12.5. The van der Waals surface area contributed by atoms with Gasteiger partial charge in [0, 0.05) is 6.92 Å². The molecule has 0 radical (unpaired) electrons. The van der Waals surface area contributed by atoms with Gasteiger partial charge in [-0.25, -0.2) is 0 Å². The minimum absolute atomic E-state index is 0.325. The van der Waals surface area contributed by atoms with Crippen LogP contribution in [0.15, 0.2) is 116 Å². The van der Waals surface area contributed by atoms with Crippen molar-refractivity contribution in [3.63, 3.8) is 0 Å². The van der Waals surface area contributed by atoms with Gasteiger partial charge in [-0.1, -0.05) is 103 Å². The molecule has 0 aromatic heterocycles. The van der Waals surface area contributed by atoms with E-state index in [4.69, 9.17) is 18.9 Å². The normalized spacial score (nSPS) is 14.1. The first kappa shape index (κ1) is 29.1. The van der Waals surface area contributed by atoms with Crippen LogP contribution < -0.4 is 0 Å². The first-order valence-electron chi connectivity index (χ1n) is 13.0. The molecule has 5 nitrogen and oxygen atoms in total. The van der Waals surface area contributed by atoms with Crippen molar-refractivity contribution in [3.05, 3.63) is 133 Å². The lowest BCUT2D eigenvalue weighted by Crippen LogP contribution is -2.49. The summed E-state index contributed by atoms with van der Waals surface area (Å²) in [6.45, 7) is 10.3. The standard InChI is InChI=1S/C33H38O5/c1-4-6-22-31(38-26(3)34)33(37-25-29-20-14-9-15-21-29)32(36-24-28-18-12-8-13-19-28)30(5-2)35-23-27-16-10-7-11-17-27/h4-5,7-21,30-33H,1-2,6,22-25H2,3H3/t30-,31-,32+,33+/m1/s1. The monoisotopic (exact) mass is 514 g/mol. The Labute approximate surface area is 226 Å². The maximum atomic E-state index is 12.2. The van der Waals surface area contributed by atoms with Crippen molar-refractivity contribution in [2.45, 2.75) is 64.0 Å². The molecule has 3 rings (SSSR count). The summed E-state index contributed by atoms with van der Waals surface area (Å²) in [6.07, 6.45) is 2.40. The minimum atomic E-state index is -0.624. The summed E-state index contributed by atoms with van der Waals surface area (Å²) in [4.78, 5) is 12.2. The van der Waals surface area contributed by atoms with Gasteiger partial charge >= 0.3 is 5.97 Å². The van der Waals surface area contributed by atoms with Crippen LogP contribution in [0.2, 0.25) is 0 Å². The van der Waals surface area contributed by atoms with Gasteiger partial charge in [0.05, 0.1) is 19.8 Å². The Morgan fingerprint density at radius 3 is 1.58 bits per heavy atom. The highest BCUT2D eigenvalue weighted by Gasteiger charge is 2.38. The van der Waals surface area contributed by atoms with Gasteiger partial charge in [0.2, 0.25) is 0 Å². The quantitative estimate of drug-likeness (QED) is 0.146. The molecule has 0 aliphatic carbocycles. The molecule has 5 heteroatoms. The van der Waals surface area contributed by atoms with E-state index in [1.165, 1.54) is 6.92 Å². The van der Waals surface area contributed by atoms with Crippen molar-refractivity contribution in [1.29, 1.82) is 0 Å². The number of carbonyl (C=O) groups excluding carboxylic acids is 1. The number of hydrogen-bond acceptors (Lipinski definition) is 5. The predicted molar refractivity (Wildman–Crippen MR) is 150 cm³/mol. The van der Waals surface area contributed by atoms with Gasteiger partial charge in [-0.15, -0.1) is 13.2 Å². The minimum Gasteiger partial charge on any atom is -0.460 e. The molecule has 0 unspecified atom stereocenters. The zero-order chi connectivity index (χ0) is 27.0. The van der Waals surface area contributed by atoms with Crippen molar-refractivity contribution in [3.8, 4) is 0 Å². The highest BCUT2D eigenvalue weighted by atomic mass is 16.6. The molecule has 0 aliphatic rings. The lowest BCUT2D eigenvalue weighted by Gasteiger charge is -2.36. The molecule has 0 saturated heterocycles. The molecular weight excluding hydrogens is 476 g/mol. The van der Waals surface area contributed by atoms with Crippen molar-refractivity contribution >= 4 is 5.97 Å². The lowest BCUT2D eigenvalue weighted by atomic mass is 9.98. The molecule has 0 saturated carbocycles. The van der Waals surface area contributed by atoms with Crippen LogP contribution in [-0.2, 0) is 43.6 Å². The average molecular weight is 515 g/mol. The Balaban J connectivity index is 1.92. The van der Waals surface area contributed by atoms with E-state index in [-0.39, 0.29) is 5.97 Å². The number of ether oxygens (including phenoxy) is 4. The Morgan fingerprint density at radius 2 is 1.16 bits per heavy atom. The number of benzene rings is 3. The fraction of sp³-hybridized carbons (Fsp3) is 0.303. The third kappa shape index (κ3) is 9.75. The van der Waals surface area contributed by atoms with Gasteiger partial charge in [0.25, 0.3) is 0 Å². The van der Waals surface area contributed by atoms with E-state index in [1.807, 2.05) is 97.1 Å². The smallest absolute Gasteiger partial charge is 0.302 e. The molecular formula is C33H38O5. The van der Waals surface area contributed by atoms with Gasteiger partial charge < -0.3 is 18.9 Å². The fourth-order valence-electron chi connectivity index (χ4n) is 4.17. The lowest BCUT2D eigenvalue weighted by molar-refractivity contribution is -0.187. The van der Waals surface area contributed by atoms with E-state index in [1.54, 1.807) is 6.08 Å². The van der Waals surface area contributed by atoms with Crippen LogP contribution in [0, 0.1) is 0 Å². The Bertz CT molecular complexity index is 1080. The topological polar surface area (TPSA) is 54.0 Å². The molecule has 0 aliphatic heterocycles. The van der Waals surface area contributed by atoms with E-state index in [2.05, 4.69) is 13.2 Å². The SMILES string of the molecule is C=CCC[C@@H](OC(C)=O)[C@H](OCc1ccccc1)[C@@H](OCc1ccccc1)[C@@H](C=C)OCc1ccccc1. The van der Waals surface area contributed by atoms with Gasteiger partial charge in [-0.05, 0) is 29.5 Å². The van der Waals surface area contributed by atoms with Crippen LogP contribution in [0.1, 0.15) is 36.5 Å². The summed E-state index contributed by atoms with van der Waals surface area (Å²) in [5.74, 6) is -0.380. The molecule has 0 N–H and O–H groups in total. The second-order valence-corrected chi connectivity index (χ2v) is 9.03. The first-order chi connectivity index (χ1) is 18.6. The molecule has 0 spiro atoms. The molecule has 200 valence electrons. The second-order valence-electron chi connectivity index (χ2n) is 9.03. The maximum Gasteiger partial charge on any atom is 0.302 e. The fourth-order valence-corrected chi connectivity index (χ4v) is 4.17. The average Bonchev–Trinajstić information content (AvgIpc) is 2.95. The van der Waals surface area contributed by atoms with Crippen LogP contribution >= 0.6 is 0 Å². The zero-order valence-electron chi connectivity index (χ0n) is 22.1. The first-order valence-corrected chi connectivity index (χ1v) is 13.0.